The van der Waals surface area contributed by atoms with E-state index in [9.17, 15) is 0 Å². The van der Waals surface area contributed by atoms with Crippen LogP contribution in [0.5, 0.6) is 0 Å². The maximum Gasteiger partial charge on any atom is 0.0701 e. The maximum absolute atomic E-state index is 5.95. The lowest BCUT2D eigenvalue weighted by Gasteiger charge is -2.65. The Morgan fingerprint density at radius 2 is 1.35 bits per heavy atom. The van der Waals surface area contributed by atoms with Gasteiger partial charge in [0.15, 0.2) is 0 Å². The van der Waals surface area contributed by atoms with Gasteiger partial charge in [-0.2, -0.15) is 0 Å². The highest BCUT2D eigenvalue weighted by Gasteiger charge is 2.59. The van der Waals surface area contributed by atoms with Crippen LogP contribution in [0.15, 0.2) is 48.5 Å². The average molecular weight is 461 g/mol. The Bertz CT molecular complexity index is 1100. The van der Waals surface area contributed by atoms with Crippen molar-refractivity contribution in [3.8, 4) is 0 Å². The van der Waals surface area contributed by atoms with Crippen molar-refractivity contribution in [2.45, 2.75) is 64.5 Å². The van der Waals surface area contributed by atoms with Gasteiger partial charge in [0, 0.05) is 40.4 Å². The van der Waals surface area contributed by atoms with Crippen molar-refractivity contribution in [3.05, 3.63) is 48.5 Å². The van der Waals surface area contributed by atoms with Crippen molar-refractivity contribution in [1.82, 2.24) is 9.88 Å². The summed E-state index contributed by atoms with van der Waals surface area (Å²) in [5.74, 6) is 0.933. The van der Waals surface area contributed by atoms with Gasteiger partial charge in [-0.15, -0.1) is 0 Å². The van der Waals surface area contributed by atoms with E-state index in [2.05, 4.69) is 72.3 Å². The minimum Gasteiger partial charge on any atom is -0.378 e. The van der Waals surface area contributed by atoms with Gasteiger partial charge in [-0.3, -0.25) is 0 Å². The Morgan fingerprint density at radius 1 is 0.765 bits per heavy atom. The first-order valence-electron chi connectivity index (χ1n) is 13.3. The molecule has 2 atom stereocenters. The summed E-state index contributed by atoms with van der Waals surface area (Å²) in [7, 11) is 0. The molecule has 2 unspecified atom stereocenters. The molecule has 0 saturated heterocycles. The minimum atomic E-state index is 0.366. The van der Waals surface area contributed by atoms with Crippen LogP contribution < -0.4 is 5.32 Å². The molecule has 7 rings (SSSR count). The summed E-state index contributed by atoms with van der Waals surface area (Å²) in [5.41, 5.74) is 4.05. The number of para-hydroxylation sites is 2. The minimum absolute atomic E-state index is 0.366. The Hall–Kier alpha value is -1.88. The van der Waals surface area contributed by atoms with Gasteiger partial charge in [0.2, 0.25) is 0 Å². The first-order valence-corrected chi connectivity index (χ1v) is 13.3. The molecule has 3 aromatic rings. The monoisotopic (exact) mass is 460 g/mol. The van der Waals surface area contributed by atoms with Crippen molar-refractivity contribution >= 4 is 21.8 Å². The second-order valence-electron chi connectivity index (χ2n) is 12.2. The predicted octanol–water partition coefficient (Wildman–Crippen LogP) is 6.17. The zero-order valence-electron chi connectivity index (χ0n) is 20.9. The van der Waals surface area contributed by atoms with E-state index in [0.29, 0.717) is 36.2 Å². The van der Waals surface area contributed by atoms with E-state index in [-0.39, 0.29) is 0 Å². The lowest BCUT2D eigenvalue weighted by atomic mass is 9.43. The van der Waals surface area contributed by atoms with Crippen molar-refractivity contribution < 1.29 is 9.47 Å². The number of fused-ring (bicyclic) bond motifs is 3. The van der Waals surface area contributed by atoms with Crippen LogP contribution in [0.1, 0.15) is 52.4 Å². The fourth-order valence-electron chi connectivity index (χ4n) is 8.76. The van der Waals surface area contributed by atoms with Gasteiger partial charge in [-0.05, 0) is 67.4 Å². The molecule has 1 N–H and O–H groups in total. The van der Waals surface area contributed by atoms with Crippen LogP contribution >= 0.6 is 0 Å². The SMILES string of the molecule is CC12CC3CC(C)(C1)CC(NCCOCCOCCn1c4ccccc4c4ccccc41)(C3)C2. The zero-order chi connectivity index (χ0) is 23.2. The van der Waals surface area contributed by atoms with Gasteiger partial charge in [0.25, 0.3) is 0 Å². The molecule has 4 saturated carbocycles. The van der Waals surface area contributed by atoms with Crippen molar-refractivity contribution in [3.63, 3.8) is 0 Å². The molecule has 34 heavy (non-hydrogen) atoms. The van der Waals surface area contributed by atoms with Crippen LogP contribution in [0.2, 0.25) is 0 Å². The van der Waals surface area contributed by atoms with Crippen LogP contribution in [-0.2, 0) is 16.0 Å². The molecular formula is C30H40N2O2. The van der Waals surface area contributed by atoms with Gasteiger partial charge in [-0.25, -0.2) is 0 Å². The third kappa shape index (κ3) is 4.19. The summed E-state index contributed by atoms with van der Waals surface area (Å²) in [6, 6.07) is 17.3. The molecule has 1 aromatic heterocycles. The summed E-state index contributed by atoms with van der Waals surface area (Å²) in [6.45, 7) is 9.69. The highest BCUT2D eigenvalue weighted by atomic mass is 16.5. The summed E-state index contributed by atoms with van der Waals surface area (Å²) >= 11 is 0. The topological polar surface area (TPSA) is 35.4 Å². The summed E-state index contributed by atoms with van der Waals surface area (Å²) in [6.07, 6.45) is 8.44. The molecule has 4 aliphatic carbocycles. The van der Waals surface area contributed by atoms with Gasteiger partial charge in [0.1, 0.15) is 0 Å². The standard InChI is InChI=1S/C30H40N2O2/c1-28-17-23-18-29(2,20-28)22-30(19-23,21-28)31-11-13-33-15-16-34-14-12-32-26-9-5-3-7-24(26)25-8-4-6-10-27(25)32/h3-10,23,31H,11-22H2,1-2H3. The Kier molecular flexibility index (Phi) is 5.75. The second-order valence-corrected chi connectivity index (χ2v) is 12.2. The fraction of sp³-hybridized carbons (Fsp3) is 0.600. The van der Waals surface area contributed by atoms with Gasteiger partial charge < -0.3 is 19.4 Å². The van der Waals surface area contributed by atoms with E-state index >= 15 is 0 Å². The molecule has 4 heteroatoms. The van der Waals surface area contributed by atoms with Crippen LogP contribution in [-0.4, -0.2) is 43.1 Å². The van der Waals surface area contributed by atoms with E-state index in [1.54, 1.807) is 0 Å². The molecule has 0 spiro atoms. The van der Waals surface area contributed by atoms with Crippen molar-refractivity contribution in [2.24, 2.45) is 16.7 Å². The molecule has 4 bridgehead atoms. The number of hydrogen-bond acceptors (Lipinski definition) is 3. The van der Waals surface area contributed by atoms with E-state index in [1.807, 2.05) is 0 Å². The van der Waals surface area contributed by atoms with Crippen LogP contribution in [0, 0.1) is 16.7 Å². The predicted molar refractivity (Wildman–Crippen MR) is 139 cm³/mol. The fourth-order valence-corrected chi connectivity index (χ4v) is 8.76. The zero-order valence-corrected chi connectivity index (χ0v) is 20.9. The second kappa shape index (κ2) is 8.65. The molecular weight excluding hydrogens is 420 g/mol. The molecule has 1 heterocycles. The molecule has 0 amide bonds. The normalized spacial score (nSPS) is 32.2. The molecule has 2 aromatic carbocycles. The molecule has 4 aliphatic rings. The van der Waals surface area contributed by atoms with E-state index in [1.165, 1.54) is 60.3 Å². The molecule has 4 nitrogen and oxygen atoms in total. The van der Waals surface area contributed by atoms with Crippen LogP contribution in [0.3, 0.4) is 0 Å². The van der Waals surface area contributed by atoms with E-state index < -0.39 is 0 Å². The summed E-state index contributed by atoms with van der Waals surface area (Å²) < 4.78 is 14.3. The highest BCUT2D eigenvalue weighted by Crippen LogP contribution is 2.66. The number of nitrogens with one attached hydrogen (secondary N) is 1. The lowest BCUT2D eigenvalue weighted by molar-refractivity contribution is -0.118. The lowest BCUT2D eigenvalue weighted by Crippen LogP contribution is -2.64. The Morgan fingerprint density at radius 3 is 1.97 bits per heavy atom. The van der Waals surface area contributed by atoms with Gasteiger partial charge in [-0.1, -0.05) is 50.2 Å². The van der Waals surface area contributed by atoms with Crippen molar-refractivity contribution in [2.75, 3.05) is 33.0 Å². The number of nitrogens with zero attached hydrogens (tertiary/aromatic N) is 1. The number of ether oxygens (including phenoxy) is 2. The first kappa shape index (κ1) is 22.6. The third-order valence-electron chi connectivity index (χ3n) is 8.88. The van der Waals surface area contributed by atoms with E-state index in [0.717, 1.165) is 25.6 Å². The molecule has 0 aliphatic heterocycles. The number of rotatable bonds is 10. The number of benzene rings is 2. The number of hydrogen-bond donors (Lipinski definition) is 1. The maximum atomic E-state index is 5.95. The summed E-state index contributed by atoms with van der Waals surface area (Å²) in [5, 5.41) is 6.59. The van der Waals surface area contributed by atoms with Gasteiger partial charge in [0.05, 0.1) is 26.4 Å². The number of aromatic nitrogens is 1. The van der Waals surface area contributed by atoms with Crippen LogP contribution in [0.4, 0.5) is 0 Å². The van der Waals surface area contributed by atoms with E-state index in [4.69, 9.17) is 9.47 Å². The largest absolute Gasteiger partial charge is 0.378 e. The highest BCUT2D eigenvalue weighted by molar-refractivity contribution is 6.07. The van der Waals surface area contributed by atoms with Crippen molar-refractivity contribution in [1.29, 1.82) is 0 Å². The first-order chi connectivity index (χ1) is 16.5. The third-order valence-corrected chi connectivity index (χ3v) is 8.88. The summed E-state index contributed by atoms with van der Waals surface area (Å²) in [4.78, 5) is 0. The smallest absolute Gasteiger partial charge is 0.0701 e. The Labute approximate surface area is 204 Å². The molecule has 182 valence electrons. The molecule has 4 fully saturated rings. The quantitative estimate of drug-likeness (QED) is 0.368. The average Bonchev–Trinajstić information content (AvgIpc) is 3.09. The van der Waals surface area contributed by atoms with Crippen LogP contribution in [0.25, 0.3) is 21.8 Å². The van der Waals surface area contributed by atoms with Gasteiger partial charge >= 0.3 is 0 Å². The molecule has 0 radical (unpaired) electrons. The Balaban J connectivity index is 0.931.